The lowest BCUT2D eigenvalue weighted by Gasteiger charge is -2.35. The van der Waals surface area contributed by atoms with Gasteiger partial charge in [0.1, 0.15) is 12.1 Å². The molecule has 5 atom stereocenters. The summed E-state index contributed by atoms with van der Waals surface area (Å²) >= 11 is -2.86. The number of nitrogens with zero attached hydrogens (tertiary/aromatic N) is 2. The summed E-state index contributed by atoms with van der Waals surface area (Å²) in [6, 6.07) is 19.8. The lowest BCUT2D eigenvalue weighted by Crippen LogP contribution is -2.60. The Morgan fingerprint density at radius 1 is 0.782 bits per heavy atom. The van der Waals surface area contributed by atoms with Crippen molar-refractivity contribution in [3.63, 3.8) is 0 Å². The Morgan fingerprint density at radius 3 is 1.76 bits per heavy atom. The molecule has 302 valence electrons. The summed E-state index contributed by atoms with van der Waals surface area (Å²) in [6.45, 7) is 10.9. The van der Waals surface area contributed by atoms with Crippen LogP contribution in [0.1, 0.15) is 52.7 Å². The van der Waals surface area contributed by atoms with E-state index in [4.69, 9.17) is 22.8 Å². The Bertz CT molecular complexity index is 1680. The number of aromatic nitrogens is 1. The van der Waals surface area contributed by atoms with Gasteiger partial charge in [-0.1, -0.05) is 102 Å². The molecule has 0 aliphatic heterocycles. The molecule has 55 heavy (non-hydrogen) atoms. The smallest absolute Gasteiger partial charge is 0.407 e. The van der Waals surface area contributed by atoms with Gasteiger partial charge >= 0.3 is 12.2 Å². The number of nitrogens with one attached hydrogen (secondary N) is 4. The molecule has 4 amide bonds. The fourth-order valence-corrected chi connectivity index (χ4v) is 5.38. The minimum atomic E-state index is -2.86. The highest BCUT2D eigenvalue weighted by molar-refractivity contribution is 7.73. The molecular formula is C38H53N6O10S-. The number of hydrazine groups is 1. The quantitative estimate of drug-likeness (QED) is 0.102. The van der Waals surface area contributed by atoms with E-state index >= 15 is 0 Å². The fourth-order valence-electron chi connectivity index (χ4n) is 5.38. The number of ether oxygens (including phenoxy) is 2. The van der Waals surface area contributed by atoms with Crippen molar-refractivity contribution in [3.8, 4) is 11.3 Å². The van der Waals surface area contributed by atoms with Crippen LogP contribution in [-0.2, 0) is 43.4 Å². The lowest BCUT2D eigenvalue weighted by atomic mass is 9.85. The van der Waals surface area contributed by atoms with Gasteiger partial charge in [-0.2, -0.15) is 0 Å². The number of hydrogen-bond donors (Lipinski definition) is 6. The molecule has 1 aromatic heterocycles. The summed E-state index contributed by atoms with van der Waals surface area (Å²) in [5, 5.41) is 21.6. The summed E-state index contributed by atoms with van der Waals surface area (Å²) in [5.74, 6) is -1.03. The molecule has 0 saturated carbocycles. The van der Waals surface area contributed by atoms with Crippen LogP contribution in [0.3, 0.4) is 0 Å². The van der Waals surface area contributed by atoms with E-state index in [1.807, 2.05) is 93.6 Å². The predicted molar refractivity (Wildman–Crippen MR) is 205 cm³/mol. The highest BCUT2D eigenvalue weighted by atomic mass is 32.2. The van der Waals surface area contributed by atoms with Crippen molar-refractivity contribution in [1.29, 1.82) is 0 Å². The van der Waals surface area contributed by atoms with E-state index in [9.17, 15) is 24.3 Å². The highest BCUT2D eigenvalue weighted by Crippen LogP contribution is 2.23. The minimum absolute atomic E-state index is 0.120. The first-order chi connectivity index (χ1) is 25.7. The Balaban J connectivity index is 0.00000248. The molecule has 0 aliphatic carbocycles. The number of carbonyl (C=O) groups is 4. The normalized spacial score (nSPS) is 14.1. The van der Waals surface area contributed by atoms with E-state index in [1.165, 1.54) is 14.2 Å². The van der Waals surface area contributed by atoms with Gasteiger partial charge in [-0.05, 0) is 40.5 Å². The number of alkyl carbamates (subject to hydrolysis) is 2. The average molecular weight is 786 g/mol. The first kappa shape index (κ1) is 46.2. The Labute approximate surface area is 324 Å². The van der Waals surface area contributed by atoms with Crippen molar-refractivity contribution < 1.29 is 47.1 Å². The van der Waals surface area contributed by atoms with Gasteiger partial charge in [0.15, 0.2) is 0 Å². The van der Waals surface area contributed by atoms with Gasteiger partial charge in [0.25, 0.3) is 5.91 Å². The van der Waals surface area contributed by atoms with Gasteiger partial charge < -0.3 is 39.6 Å². The number of aliphatic hydroxyl groups is 1. The third-order valence-electron chi connectivity index (χ3n) is 8.21. The van der Waals surface area contributed by atoms with E-state index in [0.717, 1.165) is 22.4 Å². The Morgan fingerprint density at radius 2 is 1.29 bits per heavy atom. The third kappa shape index (κ3) is 16.5. The van der Waals surface area contributed by atoms with E-state index in [1.54, 1.807) is 32.0 Å². The first-order valence-corrected chi connectivity index (χ1v) is 18.3. The monoisotopic (exact) mass is 785 g/mol. The summed E-state index contributed by atoms with van der Waals surface area (Å²) in [4.78, 5) is 56.3. The van der Waals surface area contributed by atoms with Crippen molar-refractivity contribution in [2.75, 3.05) is 20.8 Å². The molecule has 2 aromatic carbocycles. The number of amides is 4. The zero-order valence-electron chi connectivity index (χ0n) is 32.4. The molecule has 3 aromatic rings. The van der Waals surface area contributed by atoms with E-state index in [-0.39, 0.29) is 19.5 Å². The van der Waals surface area contributed by atoms with Crippen LogP contribution in [0.4, 0.5) is 9.59 Å². The summed E-state index contributed by atoms with van der Waals surface area (Å²) in [5.41, 5.74) is 4.88. The van der Waals surface area contributed by atoms with Crippen molar-refractivity contribution >= 4 is 35.4 Å². The number of rotatable bonds is 14. The molecule has 3 rings (SSSR count). The molecule has 0 fully saturated rings. The average Bonchev–Trinajstić information content (AvgIpc) is 3.12. The van der Waals surface area contributed by atoms with Crippen LogP contribution in [0.15, 0.2) is 79.0 Å². The van der Waals surface area contributed by atoms with Gasteiger partial charge in [-0.3, -0.25) is 20.0 Å². The summed E-state index contributed by atoms with van der Waals surface area (Å²) in [6.07, 6.45) is -0.778. The minimum Gasteiger partial charge on any atom is -0.750 e. The molecule has 1 heterocycles. The second kappa shape index (κ2) is 21.8. The van der Waals surface area contributed by atoms with Crippen molar-refractivity contribution in [2.45, 2.75) is 78.7 Å². The Kier molecular flexibility index (Phi) is 18.3. The number of methoxy groups -OCH3 is 2. The molecule has 17 heteroatoms. The molecule has 0 spiro atoms. The molecule has 0 bridgehead atoms. The maximum Gasteiger partial charge on any atom is 0.407 e. The highest BCUT2D eigenvalue weighted by Gasteiger charge is 2.37. The zero-order chi connectivity index (χ0) is 41.3. The van der Waals surface area contributed by atoms with Gasteiger partial charge in [-0.25, -0.2) is 18.8 Å². The molecular weight excluding hydrogens is 733 g/mol. The lowest BCUT2D eigenvalue weighted by molar-refractivity contribution is -0.132. The number of benzene rings is 2. The predicted octanol–water partition coefficient (Wildman–Crippen LogP) is 3.55. The SMILES string of the molecule is COC(=O)N[C@H](C(=O)N[C@@H](Cc1ccccc1)[C@@H](O)CN(Cc1ccc(-c2ccccn2)cc1)NC(=O)[C@@H](NC(=O)OC)C(C)(C)C)C(C)(C)C.O=S([O-])O. The van der Waals surface area contributed by atoms with Gasteiger partial charge in [0.05, 0.1) is 43.4 Å². The van der Waals surface area contributed by atoms with E-state index in [2.05, 4.69) is 26.4 Å². The maximum atomic E-state index is 13.8. The number of hydrogen-bond acceptors (Lipinski definition) is 11. The van der Waals surface area contributed by atoms with Gasteiger partial charge in [-0.15, -0.1) is 0 Å². The fraction of sp³-hybridized carbons (Fsp3) is 0.447. The van der Waals surface area contributed by atoms with Crippen LogP contribution >= 0.6 is 0 Å². The van der Waals surface area contributed by atoms with Crippen LogP contribution in [0, 0.1) is 10.8 Å². The second-order valence-electron chi connectivity index (χ2n) is 14.7. The Hall–Kier alpha value is -4.94. The first-order valence-electron chi connectivity index (χ1n) is 17.3. The van der Waals surface area contributed by atoms with Crippen molar-refractivity contribution in [1.82, 2.24) is 31.4 Å². The summed E-state index contributed by atoms with van der Waals surface area (Å²) < 4.78 is 33.6. The molecule has 0 aliphatic rings. The number of pyridine rings is 1. The van der Waals surface area contributed by atoms with E-state index < -0.39 is 70.4 Å². The van der Waals surface area contributed by atoms with Gasteiger partial charge in [0.2, 0.25) is 5.91 Å². The second-order valence-corrected chi connectivity index (χ2v) is 15.2. The van der Waals surface area contributed by atoms with Crippen LogP contribution in [0.25, 0.3) is 11.3 Å². The number of aliphatic hydroxyl groups excluding tert-OH is 1. The number of carbonyl (C=O) groups excluding carboxylic acids is 4. The zero-order valence-corrected chi connectivity index (χ0v) is 33.2. The van der Waals surface area contributed by atoms with E-state index in [0.29, 0.717) is 0 Å². The topological polar surface area (TPSA) is 232 Å². The standard InChI is InChI=1S/C38H52N6O7.H2O3S/c1-37(2,3)31(41-35(48)50-7)33(46)40-29(22-25-14-10-9-11-15-25)30(45)24-44(43-34(47)32(38(4,5)6)42-36(49)51-8)23-26-17-19-27(20-18-26)28-16-12-13-21-39-28;1-4(2)3/h9-21,29-32,45H,22-24H2,1-8H3,(H,40,46)(H,41,48)(H,42,49)(H,43,47);(H2,1,2,3)/p-1/t29-,30-,31+,32+;/m0./s1. The van der Waals surface area contributed by atoms with Crippen molar-refractivity contribution in [2.24, 2.45) is 10.8 Å². The van der Waals surface area contributed by atoms with Crippen LogP contribution in [-0.4, -0.2) is 97.4 Å². The summed E-state index contributed by atoms with van der Waals surface area (Å²) in [7, 11) is 2.44. The maximum absolute atomic E-state index is 13.8. The molecule has 16 nitrogen and oxygen atoms in total. The third-order valence-corrected chi connectivity index (χ3v) is 8.21. The molecule has 1 unspecified atom stereocenters. The van der Waals surface area contributed by atoms with Crippen LogP contribution in [0.5, 0.6) is 0 Å². The molecule has 0 radical (unpaired) electrons. The van der Waals surface area contributed by atoms with Crippen LogP contribution in [0.2, 0.25) is 0 Å². The largest absolute Gasteiger partial charge is 0.750 e. The van der Waals surface area contributed by atoms with Crippen LogP contribution < -0.4 is 21.4 Å². The van der Waals surface area contributed by atoms with Gasteiger partial charge in [0, 0.05) is 24.8 Å². The molecule has 6 N–H and O–H groups in total. The van der Waals surface area contributed by atoms with Crippen molar-refractivity contribution in [3.05, 3.63) is 90.1 Å². The molecule has 0 saturated heterocycles.